The topological polar surface area (TPSA) is 92.5 Å². The third-order valence-electron chi connectivity index (χ3n) is 1.81. The standard InChI is InChI=1S/C8H9ClN6/c9-7-6(10)8(15-4-14-7)13-3-5-11-1-2-12-5/h1-2,4H,3,10H2,(H,11,12)(H,13,14,15). The summed E-state index contributed by atoms with van der Waals surface area (Å²) < 4.78 is 0. The van der Waals surface area contributed by atoms with Gasteiger partial charge in [-0.2, -0.15) is 0 Å². The largest absolute Gasteiger partial charge is 0.393 e. The van der Waals surface area contributed by atoms with Crippen molar-refractivity contribution >= 4 is 23.1 Å². The molecule has 15 heavy (non-hydrogen) atoms. The van der Waals surface area contributed by atoms with E-state index in [-0.39, 0.29) is 5.15 Å². The maximum absolute atomic E-state index is 5.73. The zero-order chi connectivity index (χ0) is 10.7. The van der Waals surface area contributed by atoms with Crippen molar-refractivity contribution in [2.75, 3.05) is 11.1 Å². The lowest BCUT2D eigenvalue weighted by Gasteiger charge is -2.06. The summed E-state index contributed by atoms with van der Waals surface area (Å²) in [6.45, 7) is 0.505. The highest BCUT2D eigenvalue weighted by molar-refractivity contribution is 6.32. The van der Waals surface area contributed by atoms with Crippen LogP contribution in [0, 0.1) is 0 Å². The van der Waals surface area contributed by atoms with Gasteiger partial charge in [0.15, 0.2) is 11.0 Å². The summed E-state index contributed by atoms with van der Waals surface area (Å²) in [4.78, 5) is 14.7. The molecule has 2 aromatic rings. The first-order valence-electron chi connectivity index (χ1n) is 4.25. The summed E-state index contributed by atoms with van der Waals surface area (Å²) in [7, 11) is 0. The van der Waals surface area contributed by atoms with E-state index in [1.807, 2.05) is 0 Å². The molecule has 0 unspecified atom stereocenters. The third kappa shape index (κ3) is 2.16. The molecule has 2 heterocycles. The van der Waals surface area contributed by atoms with Crippen molar-refractivity contribution in [2.24, 2.45) is 0 Å². The van der Waals surface area contributed by atoms with Crippen LogP contribution in [-0.2, 0) is 6.54 Å². The van der Waals surface area contributed by atoms with E-state index in [1.54, 1.807) is 12.4 Å². The molecule has 0 saturated heterocycles. The molecule has 0 radical (unpaired) electrons. The Morgan fingerprint density at radius 2 is 2.27 bits per heavy atom. The van der Waals surface area contributed by atoms with Gasteiger partial charge in [-0.3, -0.25) is 0 Å². The summed E-state index contributed by atoms with van der Waals surface area (Å²) in [6.07, 6.45) is 4.77. The van der Waals surface area contributed by atoms with Crippen LogP contribution in [0.25, 0.3) is 0 Å². The molecule has 0 bridgehead atoms. The van der Waals surface area contributed by atoms with Crippen molar-refractivity contribution < 1.29 is 0 Å². The second kappa shape index (κ2) is 4.14. The monoisotopic (exact) mass is 224 g/mol. The number of nitrogens with one attached hydrogen (secondary N) is 2. The molecule has 2 aromatic heterocycles. The van der Waals surface area contributed by atoms with E-state index in [0.717, 1.165) is 5.82 Å². The smallest absolute Gasteiger partial charge is 0.157 e. The van der Waals surface area contributed by atoms with Crippen molar-refractivity contribution in [1.82, 2.24) is 19.9 Å². The van der Waals surface area contributed by atoms with Gasteiger partial charge in [0.1, 0.15) is 17.8 Å². The highest BCUT2D eigenvalue weighted by atomic mass is 35.5. The fourth-order valence-corrected chi connectivity index (χ4v) is 1.21. The number of aromatic nitrogens is 4. The van der Waals surface area contributed by atoms with Gasteiger partial charge in [-0.25, -0.2) is 15.0 Å². The predicted molar refractivity (Wildman–Crippen MR) is 57.4 cm³/mol. The molecule has 0 aromatic carbocycles. The van der Waals surface area contributed by atoms with Crippen LogP contribution in [-0.4, -0.2) is 19.9 Å². The zero-order valence-electron chi connectivity index (χ0n) is 7.74. The van der Waals surface area contributed by atoms with Crippen LogP contribution in [0.15, 0.2) is 18.7 Å². The van der Waals surface area contributed by atoms with Crippen LogP contribution in [0.1, 0.15) is 5.82 Å². The number of nitrogens with two attached hydrogens (primary N) is 1. The van der Waals surface area contributed by atoms with Gasteiger partial charge >= 0.3 is 0 Å². The first-order chi connectivity index (χ1) is 7.27. The summed E-state index contributed by atoms with van der Waals surface area (Å²) >= 11 is 5.73. The minimum absolute atomic E-state index is 0.243. The molecule has 0 atom stereocenters. The first kappa shape index (κ1) is 9.72. The number of hydrogen-bond donors (Lipinski definition) is 3. The van der Waals surface area contributed by atoms with E-state index in [9.17, 15) is 0 Å². The number of nitrogens with zero attached hydrogens (tertiary/aromatic N) is 3. The Bertz CT molecular complexity index is 440. The molecule has 7 heteroatoms. The first-order valence-corrected chi connectivity index (χ1v) is 4.63. The Kier molecular flexibility index (Phi) is 2.68. The summed E-state index contributed by atoms with van der Waals surface area (Å²) in [5.74, 6) is 1.30. The summed E-state index contributed by atoms with van der Waals surface area (Å²) in [5.41, 5.74) is 6.01. The highest BCUT2D eigenvalue weighted by Gasteiger charge is 2.05. The van der Waals surface area contributed by atoms with Gasteiger partial charge in [-0.15, -0.1) is 0 Å². The number of hydrogen-bond acceptors (Lipinski definition) is 5. The molecular weight excluding hydrogens is 216 g/mol. The molecule has 0 aliphatic rings. The third-order valence-corrected chi connectivity index (χ3v) is 2.11. The molecule has 0 fully saturated rings. The molecule has 4 N–H and O–H groups in total. The predicted octanol–water partition coefficient (Wildman–Crippen LogP) is 1.05. The Hall–Kier alpha value is -1.82. The van der Waals surface area contributed by atoms with E-state index >= 15 is 0 Å². The lowest BCUT2D eigenvalue weighted by molar-refractivity contribution is 0.984. The van der Waals surface area contributed by atoms with Gasteiger partial charge < -0.3 is 16.0 Å². The number of halogens is 1. The van der Waals surface area contributed by atoms with Crippen LogP contribution >= 0.6 is 11.6 Å². The van der Waals surface area contributed by atoms with Crippen LogP contribution in [0.2, 0.25) is 5.15 Å². The van der Waals surface area contributed by atoms with Gasteiger partial charge in [-0.05, 0) is 0 Å². The Balaban J connectivity index is 2.08. The maximum atomic E-state index is 5.73. The van der Waals surface area contributed by atoms with E-state index in [1.165, 1.54) is 6.33 Å². The molecule has 78 valence electrons. The van der Waals surface area contributed by atoms with Crippen molar-refractivity contribution in [3.63, 3.8) is 0 Å². The summed E-state index contributed by atoms with van der Waals surface area (Å²) in [5, 5.41) is 3.24. The lowest BCUT2D eigenvalue weighted by atomic mass is 10.4. The van der Waals surface area contributed by atoms with Gasteiger partial charge in [0, 0.05) is 12.4 Å². The van der Waals surface area contributed by atoms with E-state index in [0.29, 0.717) is 18.1 Å². The molecule has 0 amide bonds. The molecule has 0 aliphatic heterocycles. The highest BCUT2D eigenvalue weighted by Crippen LogP contribution is 2.21. The number of anilines is 2. The Morgan fingerprint density at radius 1 is 1.40 bits per heavy atom. The Morgan fingerprint density at radius 3 is 3.00 bits per heavy atom. The van der Waals surface area contributed by atoms with Crippen LogP contribution < -0.4 is 11.1 Å². The van der Waals surface area contributed by atoms with E-state index in [2.05, 4.69) is 25.3 Å². The van der Waals surface area contributed by atoms with E-state index in [4.69, 9.17) is 17.3 Å². The van der Waals surface area contributed by atoms with Crippen LogP contribution in [0.5, 0.6) is 0 Å². The molecule has 6 nitrogen and oxygen atoms in total. The molecule has 0 aliphatic carbocycles. The van der Waals surface area contributed by atoms with Gasteiger partial charge in [0.2, 0.25) is 0 Å². The van der Waals surface area contributed by atoms with Crippen LogP contribution in [0.4, 0.5) is 11.5 Å². The number of H-pyrrole nitrogens is 1. The quantitative estimate of drug-likeness (QED) is 0.678. The van der Waals surface area contributed by atoms with Gasteiger partial charge in [-0.1, -0.05) is 11.6 Å². The molecule has 2 rings (SSSR count). The second-order valence-corrected chi connectivity index (χ2v) is 3.17. The van der Waals surface area contributed by atoms with Gasteiger partial charge in [0.05, 0.1) is 6.54 Å². The average Bonchev–Trinajstić information content (AvgIpc) is 2.73. The minimum Gasteiger partial charge on any atom is -0.393 e. The Labute approximate surface area is 90.9 Å². The normalized spacial score (nSPS) is 10.2. The van der Waals surface area contributed by atoms with Crippen molar-refractivity contribution in [3.8, 4) is 0 Å². The van der Waals surface area contributed by atoms with Crippen molar-refractivity contribution in [1.29, 1.82) is 0 Å². The minimum atomic E-state index is 0.243. The van der Waals surface area contributed by atoms with Gasteiger partial charge in [0.25, 0.3) is 0 Å². The molecule has 0 saturated carbocycles. The number of nitrogen functional groups attached to an aromatic ring is 1. The fraction of sp³-hybridized carbons (Fsp3) is 0.125. The van der Waals surface area contributed by atoms with Crippen LogP contribution in [0.3, 0.4) is 0 Å². The number of rotatable bonds is 3. The molecule has 0 spiro atoms. The summed E-state index contributed by atoms with van der Waals surface area (Å²) in [6, 6.07) is 0. The number of aromatic amines is 1. The lowest BCUT2D eigenvalue weighted by Crippen LogP contribution is -2.06. The fourth-order valence-electron chi connectivity index (χ4n) is 1.08. The van der Waals surface area contributed by atoms with E-state index < -0.39 is 0 Å². The SMILES string of the molecule is Nc1c(Cl)ncnc1NCc1ncc[nH]1. The van der Waals surface area contributed by atoms with Crippen molar-refractivity contribution in [2.45, 2.75) is 6.54 Å². The zero-order valence-corrected chi connectivity index (χ0v) is 8.49. The average molecular weight is 225 g/mol. The molecular formula is C8H9ClN6. The number of imidazole rings is 1. The maximum Gasteiger partial charge on any atom is 0.157 e. The second-order valence-electron chi connectivity index (χ2n) is 2.82. The van der Waals surface area contributed by atoms with Crippen molar-refractivity contribution in [3.05, 3.63) is 29.7 Å².